The molecule has 0 aliphatic carbocycles. The minimum absolute atomic E-state index is 0.117. The van der Waals surface area contributed by atoms with Crippen LogP contribution in [0.2, 0.25) is 0 Å². The smallest absolute Gasteiger partial charge is 0.324 e. The Balaban J connectivity index is 0.000000340. The number of aryl methyl sites for hydroxylation is 4. The van der Waals surface area contributed by atoms with Crippen LogP contribution in [0.4, 0.5) is 0 Å². The zero-order chi connectivity index (χ0) is 41.9. The number of phenolic OH excluding ortho intramolecular Hbond substituents is 4. The van der Waals surface area contributed by atoms with Gasteiger partial charge in [-0.1, -0.05) is 107 Å². The van der Waals surface area contributed by atoms with Crippen molar-refractivity contribution in [3.8, 4) is 23.0 Å². The van der Waals surface area contributed by atoms with Crippen LogP contribution < -0.4 is 0 Å². The fourth-order valence-electron chi connectivity index (χ4n) is 5.77. The van der Waals surface area contributed by atoms with E-state index in [1.54, 1.807) is 23.5 Å². The molecule has 0 fully saturated rings. The Kier molecular flexibility index (Phi) is 15.7. The molecule has 298 valence electrons. The normalized spacial score (nSPS) is 12.2. The Morgan fingerprint density at radius 1 is 0.352 bits per heavy atom. The van der Waals surface area contributed by atoms with Crippen molar-refractivity contribution < 1.29 is 35.1 Å². The molecule has 7 N–H and O–H groups in total. The summed E-state index contributed by atoms with van der Waals surface area (Å²) in [4.78, 5) is 26.2. The van der Waals surface area contributed by atoms with Gasteiger partial charge >= 0.3 is 8.60 Å². The van der Waals surface area contributed by atoms with Crippen LogP contribution in [0.5, 0.6) is 23.0 Å². The second-order valence-corrected chi connectivity index (χ2v) is 20.7. The van der Waals surface area contributed by atoms with E-state index in [9.17, 15) is 20.4 Å². The first-order chi connectivity index (χ1) is 24.3. The lowest BCUT2D eigenvalue weighted by atomic mass is 9.86. The third kappa shape index (κ3) is 13.1. The molecule has 0 aliphatic rings. The van der Waals surface area contributed by atoms with Gasteiger partial charge in [-0.25, -0.2) is 0 Å². The minimum atomic E-state index is -2.62. The van der Waals surface area contributed by atoms with Crippen molar-refractivity contribution in [2.45, 2.75) is 152 Å². The van der Waals surface area contributed by atoms with E-state index < -0.39 is 8.60 Å². The third-order valence-electron chi connectivity index (χ3n) is 8.84. The van der Waals surface area contributed by atoms with Crippen LogP contribution in [0.15, 0.2) is 68.1 Å². The van der Waals surface area contributed by atoms with E-state index in [1.165, 1.54) is 0 Å². The van der Waals surface area contributed by atoms with E-state index in [2.05, 4.69) is 107 Å². The van der Waals surface area contributed by atoms with Gasteiger partial charge in [0.15, 0.2) is 0 Å². The van der Waals surface area contributed by atoms with Gasteiger partial charge in [-0.15, -0.1) is 0 Å². The maximum absolute atomic E-state index is 10.3. The second-order valence-electron chi connectivity index (χ2n) is 18.0. The summed E-state index contributed by atoms with van der Waals surface area (Å²) in [6, 6.07) is 15.8. The van der Waals surface area contributed by atoms with Gasteiger partial charge in [0.25, 0.3) is 0 Å². The number of rotatable bonds is 4. The number of aromatic hydroxyl groups is 4. The highest BCUT2D eigenvalue weighted by atomic mass is 32.2. The van der Waals surface area contributed by atoms with E-state index in [0.717, 1.165) is 64.1 Å². The van der Waals surface area contributed by atoms with Crippen LogP contribution >= 0.6 is 32.1 Å². The Hall–Kier alpha value is -2.91. The Bertz CT molecular complexity index is 1650. The number of hydrogen-bond donors (Lipinski definition) is 7. The zero-order valence-electron chi connectivity index (χ0n) is 35.0. The molecule has 54 heavy (non-hydrogen) atoms. The summed E-state index contributed by atoms with van der Waals surface area (Å²) in [5.41, 5.74) is 7.56. The molecule has 0 amide bonds. The largest absolute Gasteiger partial charge is 0.508 e. The average Bonchev–Trinajstić information content (AvgIpc) is 2.95. The van der Waals surface area contributed by atoms with Gasteiger partial charge in [0.2, 0.25) is 0 Å². The first-order valence-corrected chi connectivity index (χ1v) is 20.8. The lowest BCUT2D eigenvalue weighted by Gasteiger charge is -2.24. The molecule has 0 aromatic heterocycles. The van der Waals surface area contributed by atoms with E-state index in [-0.39, 0.29) is 21.7 Å². The summed E-state index contributed by atoms with van der Waals surface area (Å²) in [5, 5.41) is 41.3. The van der Waals surface area contributed by atoms with E-state index >= 15 is 0 Å². The van der Waals surface area contributed by atoms with Crippen LogP contribution in [0, 0.1) is 27.7 Å². The first-order valence-electron chi connectivity index (χ1n) is 17.9. The Labute approximate surface area is 333 Å². The topological polar surface area (TPSA) is 142 Å². The molecule has 0 radical (unpaired) electrons. The average molecular weight is 799 g/mol. The maximum atomic E-state index is 10.3. The summed E-state index contributed by atoms with van der Waals surface area (Å²) in [7, 11) is -2.62. The number of hydrogen-bond acceptors (Lipinski definition) is 9. The molecule has 4 aromatic rings. The minimum Gasteiger partial charge on any atom is -0.508 e. The number of benzene rings is 4. The highest BCUT2D eigenvalue weighted by molar-refractivity contribution is 7.99. The van der Waals surface area contributed by atoms with Crippen molar-refractivity contribution in [1.29, 1.82) is 0 Å². The molecule has 0 unspecified atom stereocenters. The van der Waals surface area contributed by atoms with Crippen LogP contribution in [0.3, 0.4) is 0 Å². The molecule has 0 aliphatic heterocycles. The molecule has 0 saturated heterocycles. The van der Waals surface area contributed by atoms with E-state index in [4.69, 9.17) is 14.7 Å². The van der Waals surface area contributed by atoms with Gasteiger partial charge in [0.05, 0.1) is 0 Å². The molecule has 4 aromatic carbocycles. The van der Waals surface area contributed by atoms with E-state index in [0.29, 0.717) is 23.0 Å². The lowest BCUT2D eigenvalue weighted by Crippen LogP contribution is -2.12. The molecule has 0 atom stereocenters. The van der Waals surface area contributed by atoms with Crippen LogP contribution in [-0.2, 0) is 21.7 Å². The van der Waals surface area contributed by atoms with Crippen molar-refractivity contribution in [2.24, 2.45) is 0 Å². The molecule has 0 heterocycles. The Morgan fingerprint density at radius 3 is 0.630 bits per heavy atom. The summed E-state index contributed by atoms with van der Waals surface area (Å²) in [6.45, 7) is 33.4. The number of phenols is 4. The van der Waals surface area contributed by atoms with E-state index in [1.807, 2.05) is 52.0 Å². The van der Waals surface area contributed by atoms with Gasteiger partial charge in [-0.05, 0) is 120 Å². The first kappa shape index (κ1) is 47.2. The van der Waals surface area contributed by atoms with Crippen molar-refractivity contribution in [1.82, 2.24) is 0 Å². The zero-order valence-corrected chi connectivity index (χ0v) is 37.5. The molecule has 0 bridgehead atoms. The third-order valence-corrected chi connectivity index (χ3v) is 11.5. The standard InChI is InChI=1S/2C22H30O2S.H3O3P/c2*1-13-9-17(23)15(21(3,4)5)11-19(13)25-20-12-16(22(6,7)8)18(24)10-14(20)2;1-4(2)3/h2*9-12,23-24H,1-8H3;1-3H. The fraction of sp³-hybridized carbons (Fsp3) is 0.455. The highest BCUT2D eigenvalue weighted by Crippen LogP contribution is 2.44. The molecule has 0 saturated carbocycles. The van der Waals surface area contributed by atoms with Gasteiger partial charge in [-0.2, -0.15) is 0 Å². The highest BCUT2D eigenvalue weighted by Gasteiger charge is 2.24. The quantitative estimate of drug-likeness (QED) is 0.100. The molecule has 4 rings (SSSR count). The van der Waals surface area contributed by atoms with Crippen LogP contribution in [0.1, 0.15) is 128 Å². The van der Waals surface area contributed by atoms with Crippen molar-refractivity contribution in [2.75, 3.05) is 0 Å². The van der Waals surface area contributed by atoms with Gasteiger partial charge in [-0.3, -0.25) is 0 Å². The predicted molar refractivity (Wildman–Crippen MR) is 228 cm³/mol. The summed E-state index contributed by atoms with van der Waals surface area (Å²) in [6.07, 6.45) is 0. The SMILES string of the molecule is Cc1cc(O)c(C(C)(C)C)cc1Sc1cc(C(C)(C)C)c(O)cc1C.Cc1cc(O)c(C(C)(C)C)cc1Sc1cc(C(C)(C)C)c(O)cc1C.OP(O)O. The molecular weight excluding hydrogens is 736 g/mol. The molecular formula is C44H63O7PS2. The second kappa shape index (κ2) is 17.9. The maximum Gasteiger partial charge on any atom is 0.324 e. The van der Waals surface area contributed by atoms with Crippen LogP contribution in [0.25, 0.3) is 0 Å². The fourth-order valence-corrected chi connectivity index (χ4v) is 7.83. The summed E-state index contributed by atoms with van der Waals surface area (Å²) < 4.78 is 0. The predicted octanol–water partition coefficient (Wildman–Crippen LogP) is 12.1. The Morgan fingerprint density at radius 2 is 0.500 bits per heavy atom. The molecule has 10 heteroatoms. The van der Waals surface area contributed by atoms with Crippen molar-refractivity contribution in [3.05, 3.63) is 93.0 Å². The monoisotopic (exact) mass is 798 g/mol. The van der Waals surface area contributed by atoms with Gasteiger partial charge in [0, 0.05) is 41.8 Å². The lowest BCUT2D eigenvalue weighted by molar-refractivity contribution is 0.368. The summed E-state index contributed by atoms with van der Waals surface area (Å²) >= 11 is 3.39. The molecule has 7 nitrogen and oxygen atoms in total. The van der Waals surface area contributed by atoms with Crippen molar-refractivity contribution >= 4 is 32.1 Å². The van der Waals surface area contributed by atoms with Gasteiger partial charge in [0.1, 0.15) is 23.0 Å². The molecule has 0 spiro atoms. The summed E-state index contributed by atoms with van der Waals surface area (Å²) in [5.74, 6) is 1.42. The van der Waals surface area contributed by atoms with Crippen LogP contribution in [-0.4, -0.2) is 35.1 Å². The van der Waals surface area contributed by atoms with Crippen molar-refractivity contribution in [3.63, 3.8) is 0 Å². The van der Waals surface area contributed by atoms with Gasteiger partial charge < -0.3 is 35.1 Å².